The molecule has 0 saturated heterocycles. The van der Waals surface area contributed by atoms with Gasteiger partial charge in [0, 0.05) is 11.3 Å². The molecule has 0 radical (unpaired) electrons. The molecule has 2 unspecified atom stereocenters. The Bertz CT molecular complexity index is 403. The molecular weight excluding hydrogens is 276 g/mol. The number of hydrogen-bond donors (Lipinski definition) is 2. The topological polar surface area (TPSA) is 52.0 Å². The van der Waals surface area contributed by atoms with E-state index in [1.54, 1.807) is 0 Å². The molecule has 114 valence electrons. The second-order valence-corrected chi connectivity index (χ2v) is 16.5. The molecule has 4 heteroatoms. The summed E-state index contributed by atoms with van der Waals surface area (Å²) in [5, 5.41) is 3.07. The van der Waals surface area contributed by atoms with E-state index in [1.165, 1.54) is 10.4 Å². The third-order valence-corrected chi connectivity index (χ3v) is 13.5. The summed E-state index contributed by atoms with van der Waals surface area (Å²) in [5.74, 6) is 0. The van der Waals surface area contributed by atoms with Crippen molar-refractivity contribution in [3.05, 3.63) is 24.3 Å². The molecule has 1 aromatic rings. The van der Waals surface area contributed by atoms with Crippen LogP contribution in [-0.2, 0) is 0 Å². The van der Waals surface area contributed by atoms with Gasteiger partial charge in [-0.15, -0.1) is 0 Å². The van der Waals surface area contributed by atoms with E-state index in [1.807, 2.05) is 0 Å². The fraction of sp³-hybridized carbons (Fsp3) is 0.625. The summed E-state index contributed by atoms with van der Waals surface area (Å²) in [6.45, 7) is 14.0. The maximum atomic E-state index is 6.45. The summed E-state index contributed by atoms with van der Waals surface area (Å²) in [6, 6.07) is 8.96. The van der Waals surface area contributed by atoms with Crippen molar-refractivity contribution in [2.75, 3.05) is 0 Å². The Morgan fingerprint density at radius 2 is 1.10 bits per heavy atom. The normalized spacial score (nSPS) is 16.0. The lowest BCUT2D eigenvalue weighted by atomic mass is 10.4. The van der Waals surface area contributed by atoms with Crippen molar-refractivity contribution >= 4 is 26.5 Å². The fourth-order valence-electron chi connectivity index (χ4n) is 3.03. The van der Waals surface area contributed by atoms with Crippen LogP contribution in [0.15, 0.2) is 24.3 Å². The lowest BCUT2D eigenvalue weighted by molar-refractivity contribution is 0.822. The van der Waals surface area contributed by atoms with E-state index in [9.17, 15) is 0 Å². The summed E-state index contributed by atoms with van der Waals surface area (Å²) in [5.41, 5.74) is 13.5. The smallest absolute Gasteiger partial charge is 0.0979 e. The minimum Gasteiger partial charge on any atom is -0.330 e. The summed E-state index contributed by atoms with van der Waals surface area (Å²) >= 11 is 0. The van der Waals surface area contributed by atoms with Crippen molar-refractivity contribution in [3.8, 4) is 0 Å². The summed E-state index contributed by atoms with van der Waals surface area (Å²) < 4.78 is 0. The van der Waals surface area contributed by atoms with Crippen LogP contribution >= 0.6 is 0 Å². The molecule has 0 aromatic heterocycles. The summed E-state index contributed by atoms with van der Waals surface area (Å²) in [7, 11) is -3.28. The largest absolute Gasteiger partial charge is 0.330 e. The van der Waals surface area contributed by atoms with Gasteiger partial charge in [-0.3, -0.25) is 0 Å². The van der Waals surface area contributed by atoms with Crippen LogP contribution in [0.5, 0.6) is 0 Å². The van der Waals surface area contributed by atoms with Gasteiger partial charge in [-0.25, -0.2) is 0 Å². The first-order valence-electron chi connectivity index (χ1n) is 7.80. The van der Waals surface area contributed by atoms with Crippen LogP contribution in [0, 0.1) is 0 Å². The Hall–Kier alpha value is -0.426. The predicted octanol–water partition coefficient (Wildman–Crippen LogP) is 2.07. The van der Waals surface area contributed by atoms with E-state index < -0.39 is 16.1 Å². The first kappa shape index (κ1) is 17.6. The van der Waals surface area contributed by atoms with E-state index >= 15 is 0 Å². The lowest BCUT2D eigenvalue weighted by Crippen LogP contribution is -2.69. The minimum atomic E-state index is -1.64. The zero-order valence-electron chi connectivity index (χ0n) is 14.0. The molecule has 4 N–H and O–H groups in total. The highest BCUT2D eigenvalue weighted by atomic mass is 28.3. The van der Waals surface area contributed by atoms with Crippen molar-refractivity contribution < 1.29 is 0 Å². The van der Waals surface area contributed by atoms with Gasteiger partial charge in [0.2, 0.25) is 0 Å². The van der Waals surface area contributed by atoms with E-state index in [0.717, 1.165) is 12.8 Å². The monoisotopic (exact) mass is 308 g/mol. The standard InChI is InChI=1S/C16H32N2Si2/c1-7-15(17)19(3,4)13-11-9-10-12-14(13)20(5,6)16(18)8-2/h9-12,15-16H,7-8,17-18H2,1-6H3. The van der Waals surface area contributed by atoms with Crippen LogP contribution in [-0.4, -0.2) is 27.5 Å². The number of benzene rings is 1. The zero-order chi connectivity index (χ0) is 15.6. The van der Waals surface area contributed by atoms with Crippen LogP contribution in [0.25, 0.3) is 0 Å². The molecular formula is C16H32N2Si2. The highest BCUT2D eigenvalue weighted by Crippen LogP contribution is 2.14. The molecule has 2 atom stereocenters. The van der Waals surface area contributed by atoms with Crippen molar-refractivity contribution in [1.29, 1.82) is 0 Å². The zero-order valence-corrected chi connectivity index (χ0v) is 16.0. The van der Waals surface area contributed by atoms with E-state index in [2.05, 4.69) is 64.3 Å². The summed E-state index contributed by atoms with van der Waals surface area (Å²) in [6.07, 6.45) is 2.10. The molecule has 0 fully saturated rings. The van der Waals surface area contributed by atoms with Crippen molar-refractivity contribution in [3.63, 3.8) is 0 Å². The molecule has 0 saturated carbocycles. The number of rotatable bonds is 6. The van der Waals surface area contributed by atoms with Gasteiger partial charge in [0.1, 0.15) is 0 Å². The Balaban J connectivity index is 3.38. The molecule has 0 heterocycles. The van der Waals surface area contributed by atoms with Gasteiger partial charge >= 0.3 is 0 Å². The van der Waals surface area contributed by atoms with Gasteiger partial charge in [0.05, 0.1) is 16.1 Å². The molecule has 0 bridgehead atoms. The quantitative estimate of drug-likeness (QED) is 0.791. The lowest BCUT2D eigenvalue weighted by Gasteiger charge is -2.37. The molecule has 0 aliphatic carbocycles. The minimum absolute atomic E-state index is 0.311. The van der Waals surface area contributed by atoms with Crippen LogP contribution in [0.4, 0.5) is 0 Å². The molecule has 0 aliphatic rings. The van der Waals surface area contributed by atoms with Gasteiger partial charge in [-0.05, 0) is 12.8 Å². The van der Waals surface area contributed by atoms with Gasteiger partial charge < -0.3 is 11.5 Å². The molecule has 1 rings (SSSR count). The first-order valence-corrected chi connectivity index (χ1v) is 14.0. The molecule has 1 aromatic carbocycles. The van der Waals surface area contributed by atoms with Crippen LogP contribution in [0.1, 0.15) is 26.7 Å². The first-order chi connectivity index (χ1) is 9.19. The Kier molecular flexibility index (Phi) is 5.78. The maximum Gasteiger partial charge on any atom is 0.0979 e. The van der Waals surface area contributed by atoms with Crippen LogP contribution in [0.3, 0.4) is 0 Å². The molecule has 0 spiro atoms. The third-order valence-electron chi connectivity index (χ3n) is 5.05. The second kappa shape index (κ2) is 6.56. The summed E-state index contributed by atoms with van der Waals surface area (Å²) in [4.78, 5) is 0. The highest BCUT2D eigenvalue weighted by Gasteiger charge is 2.38. The third kappa shape index (κ3) is 3.24. The van der Waals surface area contributed by atoms with Crippen molar-refractivity contribution in [2.24, 2.45) is 11.5 Å². The fourth-order valence-corrected chi connectivity index (χ4v) is 10.4. The Labute approximate surface area is 127 Å². The van der Waals surface area contributed by atoms with Gasteiger partial charge in [-0.2, -0.15) is 0 Å². The molecule has 0 aliphatic heterocycles. The highest BCUT2D eigenvalue weighted by molar-refractivity contribution is 7.00. The number of hydrogen-bond acceptors (Lipinski definition) is 2. The van der Waals surface area contributed by atoms with Gasteiger partial charge in [0.15, 0.2) is 0 Å². The Morgan fingerprint density at radius 1 is 0.800 bits per heavy atom. The molecule has 20 heavy (non-hydrogen) atoms. The molecule has 2 nitrogen and oxygen atoms in total. The van der Waals surface area contributed by atoms with Crippen LogP contribution in [0.2, 0.25) is 26.2 Å². The average Bonchev–Trinajstić information content (AvgIpc) is 2.45. The van der Waals surface area contributed by atoms with Crippen LogP contribution < -0.4 is 21.8 Å². The second-order valence-electron chi connectivity index (χ2n) is 7.02. The van der Waals surface area contributed by atoms with E-state index in [-0.39, 0.29) is 0 Å². The van der Waals surface area contributed by atoms with E-state index in [4.69, 9.17) is 11.5 Å². The van der Waals surface area contributed by atoms with Crippen molar-refractivity contribution in [2.45, 2.75) is 64.2 Å². The van der Waals surface area contributed by atoms with E-state index in [0.29, 0.717) is 11.3 Å². The predicted molar refractivity (Wildman–Crippen MR) is 97.2 cm³/mol. The SMILES string of the molecule is CCC(N)[Si](C)(C)c1ccccc1[Si](C)(C)C(N)CC. The Morgan fingerprint density at radius 3 is 1.35 bits per heavy atom. The average molecular weight is 309 g/mol. The maximum absolute atomic E-state index is 6.45. The van der Waals surface area contributed by atoms with Gasteiger partial charge in [0.25, 0.3) is 0 Å². The van der Waals surface area contributed by atoms with Crippen molar-refractivity contribution in [1.82, 2.24) is 0 Å². The number of nitrogens with two attached hydrogens (primary N) is 2. The molecule has 0 amide bonds. The van der Waals surface area contributed by atoms with Gasteiger partial charge in [-0.1, -0.05) is 74.7 Å².